The summed E-state index contributed by atoms with van der Waals surface area (Å²) in [7, 11) is -7.68. The van der Waals surface area contributed by atoms with E-state index in [2.05, 4.69) is 8.58 Å². The van der Waals surface area contributed by atoms with Crippen molar-refractivity contribution < 1.29 is 25.4 Å². The molecule has 10 heteroatoms. The van der Waals surface area contributed by atoms with Crippen molar-refractivity contribution in [3.63, 3.8) is 0 Å². The van der Waals surface area contributed by atoms with Crippen LogP contribution < -0.4 is 0 Å². The fourth-order valence-corrected chi connectivity index (χ4v) is 2.84. The molecule has 1 aromatic rings. The average molecular weight is 400 g/mol. The first-order valence-electron chi connectivity index (χ1n) is 6.87. The van der Waals surface area contributed by atoms with Crippen LogP contribution in [0.1, 0.15) is 32.8 Å². The molecule has 0 atom stereocenters. The number of sulfonamides is 1. The van der Waals surface area contributed by atoms with Crippen LogP contribution in [0.15, 0.2) is 22.6 Å². The summed E-state index contributed by atoms with van der Waals surface area (Å²) in [6, 6.07) is 4.07. The quantitative estimate of drug-likeness (QED) is 0.542. The van der Waals surface area contributed by atoms with Gasteiger partial charge in [0, 0.05) is 12.0 Å². The van der Waals surface area contributed by atoms with Crippen LogP contribution in [0.4, 0.5) is 4.39 Å². The van der Waals surface area contributed by atoms with E-state index in [-0.39, 0.29) is 29.3 Å². The van der Waals surface area contributed by atoms with Crippen molar-refractivity contribution >= 4 is 37.5 Å². The minimum Gasteiger partial charge on any atom is -0.270 e. The molecule has 0 bridgehead atoms. The van der Waals surface area contributed by atoms with E-state index in [0.717, 1.165) is 6.26 Å². The van der Waals surface area contributed by atoms with E-state index in [9.17, 15) is 21.2 Å². The van der Waals surface area contributed by atoms with Crippen molar-refractivity contribution in [2.24, 2.45) is 4.40 Å². The van der Waals surface area contributed by atoms with Crippen molar-refractivity contribution in [3.8, 4) is 0 Å². The van der Waals surface area contributed by atoms with E-state index in [4.69, 9.17) is 11.6 Å². The average Bonchev–Trinajstić information content (AvgIpc) is 2.38. The number of halogens is 2. The van der Waals surface area contributed by atoms with E-state index in [0.29, 0.717) is 0 Å². The zero-order chi connectivity index (χ0) is 18.8. The molecule has 0 heterocycles. The molecule has 1 aromatic carbocycles. The van der Waals surface area contributed by atoms with Gasteiger partial charge in [0.2, 0.25) is 0 Å². The summed E-state index contributed by atoms with van der Waals surface area (Å²) in [4.78, 5) is 0. The van der Waals surface area contributed by atoms with Gasteiger partial charge >= 0.3 is 0 Å². The second-order valence-electron chi connectivity index (χ2n) is 6.00. The summed E-state index contributed by atoms with van der Waals surface area (Å²) >= 11 is 5.72. The molecule has 0 aliphatic heterocycles. The van der Waals surface area contributed by atoms with Gasteiger partial charge in [0.15, 0.2) is 5.82 Å². The van der Waals surface area contributed by atoms with Gasteiger partial charge in [0.05, 0.1) is 28.3 Å². The Morgan fingerprint density at radius 3 is 2.33 bits per heavy atom. The molecule has 0 saturated carbocycles. The minimum absolute atomic E-state index is 0.118. The lowest BCUT2D eigenvalue weighted by atomic mass is 10.1. The summed E-state index contributed by atoms with van der Waals surface area (Å²) in [6.45, 7) is 3.98. The molecule has 0 aliphatic carbocycles. The molecule has 0 N–H and O–H groups in total. The first kappa shape index (κ1) is 21.0. The molecule has 0 radical (unpaired) electrons. The third kappa shape index (κ3) is 5.80. The third-order valence-corrected chi connectivity index (χ3v) is 5.80. The van der Waals surface area contributed by atoms with E-state index in [1.54, 1.807) is 0 Å². The van der Waals surface area contributed by atoms with Gasteiger partial charge in [-0.2, -0.15) is 12.8 Å². The van der Waals surface area contributed by atoms with Crippen molar-refractivity contribution in [1.29, 1.82) is 0 Å². The molecule has 0 spiro atoms. The van der Waals surface area contributed by atoms with Gasteiger partial charge in [-0.25, -0.2) is 12.8 Å². The topological polar surface area (TPSA) is 89.9 Å². The largest absolute Gasteiger partial charge is 0.270 e. The lowest BCUT2D eigenvalue weighted by Gasteiger charge is -2.17. The van der Waals surface area contributed by atoms with Gasteiger partial charge in [-0.3, -0.25) is 4.18 Å². The number of benzene rings is 1. The number of hydrogen-bond acceptors (Lipinski definition) is 5. The van der Waals surface area contributed by atoms with Crippen LogP contribution in [0.25, 0.3) is 0 Å². The maximum atomic E-state index is 14.2. The first-order valence-corrected chi connectivity index (χ1v) is 10.5. The highest BCUT2D eigenvalue weighted by atomic mass is 35.5. The first-order chi connectivity index (χ1) is 10.7. The number of hydrogen-bond donors (Lipinski definition) is 0. The summed E-state index contributed by atoms with van der Waals surface area (Å²) < 4.78 is 68.0. The predicted molar refractivity (Wildman–Crippen MR) is 92.0 cm³/mol. The highest BCUT2D eigenvalue weighted by Gasteiger charge is 2.29. The Morgan fingerprint density at radius 1 is 1.25 bits per heavy atom. The Bertz CT molecular complexity index is 842. The van der Waals surface area contributed by atoms with Crippen molar-refractivity contribution in [2.45, 2.75) is 31.9 Å². The second kappa shape index (κ2) is 7.47. The lowest BCUT2D eigenvalue weighted by molar-refractivity contribution is 0.332. The standard InChI is InChI=1S/C14H19ClFNO5S2/c1-14(2,3)24(20,21)17-12(8-9-22-23(4,18)19)10-6-5-7-11(15)13(10)16/h5-7H,8-9H2,1-4H3. The maximum absolute atomic E-state index is 14.2. The van der Waals surface area contributed by atoms with Crippen LogP contribution in [0.5, 0.6) is 0 Å². The molecule has 1 rings (SSSR count). The Hall–Kier alpha value is -1.03. The Balaban J connectivity index is 3.35. The van der Waals surface area contributed by atoms with Crippen LogP contribution in [-0.4, -0.2) is 40.2 Å². The summed E-state index contributed by atoms with van der Waals surface area (Å²) in [5.74, 6) is -0.832. The fourth-order valence-electron chi connectivity index (χ4n) is 1.53. The van der Waals surface area contributed by atoms with Gasteiger partial charge in [-0.1, -0.05) is 23.7 Å². The van der Waals surface area contributed by atoms with Gasteiger partial charge < -0.3 is 0 Å². The predicted octanol–water partition coefficient (Wildman–Crippen LogP) is 2.76. The second-order valence-corrected chi connectivity index (χ2v) is 10.4. The normalized spacial score (nSPS) is 14.0. The van der Waals surface area contributed by atoms with Crippen molar-refractivity contribution in [3.05, 3.63) is 34.6 Å². The molecule has 24 heavy (non-hydrogen) atoms. The van der Waals surface area contributed by atoms with Crippen LogP contribution >= 0.6 is 11.6 Å². The highest BCUT2D eigenvalue weighted by molar-refractivity contribution is 7.91. The van der Waals surface area contributed by atoms with Crippen molar-refractivity contribution in [2.75, 3.05) is 12.9 Å². The number of rotatable bonds is 6. The molecular weight excluding hydrogens is 381 g/mol. The van der Waals surface area contributed by atoms with Crippen LogP contribution in [-0.2, 0) is 24.3 Å². The smallest absolute Gasteiger partial charge is 0.264 e. The molecule has 136 valence electrons. The molecule has 0 fully saturated rings. The lowest BCUT2D eigenvalue weighted by Crippen LogP contribution is -2.27. The zero-order valence-corrected chi connectivity index (χ0v) is 16.1. The molecule has 0 unspecified atom stereocenters. The summed E-state index contributed by atoms with van der Waals surface area (Å²) in [5.41, 5.74) is -0.277. The molecule has 0 aromatic heterocycles. The monoisotopic (exact) mass is 399 g/mol. The molecule has 0 amide bonds. The van der Waals surface area contributed by atoms with Gasteiger partial charge in [0.1, 0.15) is 0 Å². The van der Waals surface area contributed by atoms with Crippen molar-refractivity contribution in [1.82, 2.24) is 0 Å². The van der Waals surface area contributed by atoms with E-state index >= 15 is 0 Å². The molecular formula is C14H19ClFNO5S2. The Labute approximate surface area is 146 Å². The minimum atomic E-state index is -3.97. The fraction of sp³-hybridized carbons (Fsp3) is 0.500. The summed E-state index contributed by atoms with van der Waals surface area (Å²) in [5, 5.41) is -0.197. The van der Waals surface area contributed by atoms with Gasteiger partial charge in [0.25, 0.3) is 20.1 Å². The van der Waals surface area contributed by atoms with E-state index in [1.165, 1.54) is 39.0 Å². The zero-order valence-electron chi connectivity index (χ0n) is 13.7. The Morgan fingerprint density at radius 2 is 1.83 bits per heavy atom. The van der Waals surface area contributed by atoms with Gasteiger partial charge in [-0.15, -0.1) is 0 Å². The molecule has 6 nitrogen and oxygen atoms in total. The highest BCUT2D eigenvalue weighted by Crippen LogP contribution is 2.23. The van der Waals surface area contributed by atoms with Gasteiger partial charge in [-0.05, 0) is 26.8 Å². The van der Waals surface area contributed by atoms with Crippen LogP contribution in [0, 0.1) is 5.82 Å². The van der Waals surface area contributed by atoms with Crippen LogP contribution in [0.3, 0.4) is 0 Å². The maximum Gasteiger partial charge on any atom is 0.264 e. The van der Waals surface area contributed by atoms with E-state index < -0.39 is 30.7 Å². The SMILES string of the molecule is CC(C)(C)S(=O)(=O)N=C(CCOS(C)(=O)=O)c1cccc(Cl)c1F. The third-order valence-electron chi connectivity index (χ3n) is 2.90. The number of nitrogens with zero attached hydrogens (tertiary/aromatic N) is 1. The Kier molecular flexibility index (Phi) is 6.54. The molecule has 0 saturated heterocycles. The van der Waals surface area contributed by atoms with Crippen LogP contribution in [0.2, 0.25) is 5.02 Å². The summed E-state index contributed by atoms with van der Waals surface area (Å²) in [6.07, 6.45) is 0.634. The van der Waals surface area contributed by atoms with E-state index in [1.807, 2.05) is 0 Å². The molecule has 0 aliphatic rings.